The van der Waals surface area contributed by atoms with E-state index in [0.29, 0.717) is 11.1 Å². The van der Waals surface area contributed by atoms with Crippen LogP contribution in [0.1, 0.15) is 11.1 Å². The van der Waals surface area contributed by atoms with E-state index >= 15 is 0 Å². The largest absolute Gasteiger partial charge is 0.573 e. The Morgan fingerprint density at radius 3 is 1.87 bits per heavy atom. The fourth-order valence-electron chi connectivity index (χ4n) is 2.03. The number of aliphatic hydroxyl groups is 1. The number of aliphatic hydroxyl groups excluding tert-OH is 1. The van der Waals surface area contributed by atoms with Crippen molar-refractivity contribution in [3.05, 3.63) is 53.6 Å². The highest BCUT2D eigenvalue weighted by molar-refractivity contribution is 5.65. The lowest BCUT2D eigenvalue weighted by atomic mass is 9.99. The first kappa shape index (κ1) is 17.1. The molecule has 2 rings (SSSR count). The minimum atomic E-state index is -4.82. The Balaban J connectivity index is 2.32. The van der Waals surface area contributed by atoms with E-state index in [0.717, 1.165) is 24.3 Å². The van der Waals surface area contributed by atoms with E-state index in [9.17, 15) is 26.3 Å². The van der Waals surface area contributed by atoms with Crippen LogP contribution >= 0.6 is 0 Å². The van der Waals surface area contributed by atoms with Gasteiger partial charge in [-0.3, -0.25) is 0 Å². The summed E-state index contributed by atoms with van der Waals surface area (Å²) in [6.07, 6.45) is -9.42. The predicted molar refractivity (Wildman–Crippen MR) is 69.5 cm³/mol. The SMILES string of the molecule is OCc1cc(-c2ccc(OC(F)(F)F)cc2)ccc1C(F)(F)F. The van der Waals surface area contributed by atoms with Crippen LogP contribution in [0.2, 0.25) is 0 Å². The van der Waals surface area contributed by atoms with Crippen molar-refractivity contribution in [2.24, 2.45) is 0 Å². The maximum atomic E-state index is 12.7. The molecule has 0 saturated carbocycles. The highest BCUT2D eigenvalue weighted by atomic mass is 19.4. The minimum Gasteiger partial charge on any atom is -0.406 e. The Morgan fingerprint density at radius 2 is 1.39 bits per heavy atom. The summed E-state index contributed by atoms with van der Waals surface area (Å²) in [6, 6.07) is 7.82. The van der Waals surface area contributed by atoms with E-state index in [1.165, 1.54) is 18.2 Å². The molecule has 1 N–H and O–H groups in total. The summed E-state index contributed by atoms with van der Waals surface area (Å²) in [6.45, 7) is -0.808. The van der Waals surface area contributed by atoms with Gasteiger partial charge in [0.25, 0.3) is 0 Å². The van der Waals surface area contributed by atoms with E-state index in [-0.39, 0.29) is 5.56 Å². The topological polar surface area (TPSA) is 29.5 Å². The van der Waals surface area contributed by atoms with E-state index < -0.39 is 30.5 Å². The third-order valence-electron chi connectivity index (χ3n) is 3.00. The van der Waals surface area contributed by atoms with Crippen LogP contribution in [0.5, 0.6) is 5.75 Å². The van der Waals surface area contributed by atoms with Gasteiger partial charge in [-0.25, -0.2) is 0 Å². The Morgan fingerprint density at radius 1 is 0.826 bits per heavy atom. The molecular weight excluding hydrogens is 326 g/mol. The molecule has 124 valence electrons. The number of ether oxygens (including phenoxy) is 1. The molecule has 0 aromatic heterocycles. The lowest BCUT2D eigenvalue weighted by molar-refractivity contribution is -0.274. The quantitative estimate of drug-likeness (QED) is 0.819. The highest BCUT2D eigenvalue weighted by Gasteiger charge is 2.33. The Kier molecular flexibility index (Phi) is 4.56. The maximum Gasteiger partial charge on any atom is 0.573 e. The number of hydrogen-bond donors (Lipinski definition) is 1. The Bertz CT molecular complexity index is 674. The second-order valence-electron chi connectivity index (χ2n) is 4.60. The van der Waals surface area contributed by atoms with E-state index in [1.54, 1.807) is 0 Å². The van der Waals surface area contributed by atoms with Gasteiger partial charge in [-0.1, -0.05) is 18.2 Å². The second-order valence-corrected chi connectivity index (χ2v) is 4.60. The second kappa shape index (κ2) is 6.11. The van der Waals surface area contributed by atoms with Crippen LogP contribution in [0.4, 0.5) is 26.3 Å². The molecule has 8 heteroatoms. The van der Waals surface area contributed by atoms with Gasteiger partial charge in [0.1, 0.15) is 5.75 Å². The summed E-state index contributed by atoms with van der Waals surface area (Å²) < 4.78 is 78.1. The van der Waals surface area contributed by atoms with E-state index in [2.05, 4.69) is 4.74 Å². The Labute approximate surface area is 126 Å². The fourth-order valence-corrected chi connectivity index (χ4v) is 2.03. The summed E-state index contributed by atoms with van der Waals surface area (Å²) in [5.74, 6) is -0.435. The van der Waals surface area contributed by atoms with Crippen molar-refractivity contribution in [2.45, 2.75) is 19.1 Å². The molecule has 2 nitrogen and oxygen atoms in total. The summed E-state index contributed by atoms with van der Waals surface area (Å²) in [7, 11) is 0. The molecule has 0 saturated heterocycles. The number of hydrogen-bond acceptors (Lipinski definition) is 2. The van der Waals surface area contributed by atoms with Crippen molar-refractivity contribution in [3.63, 3.8) is 0 Å². The molecule has 0 radical (unpaired) electrons. The molecule has 0 unspecified atom stereocenters. The fraction of sp³-hybridized carbons (Fsp3) is 0.200. The molecule has 0 atom stereocenters. The number of halogens is 6. The summed E-state index contributed by atoms with van der Waals surface area (Å²) in [5, 5.41) is 9.08. The maximum absolute atomic E-state index is 12.7. The monoisotopic (exact) mass is 336 g/mol. The first-order valence-electron chi connectivity index (χ1n) is 6.27. The number of benzene rings is 2. The zero-order valence-electron chi connectivity index (χ0n) is 11.4. The van der Waals surface area contributed by atoms with Crippen molar-refractivity contribution in [1.29, 1.82) is 0 Å². The van der Waals surface area contributed by atoms with Gasteiger partial charge in [0.05, 0.1) is 12.2 Å². The number of alkyl halides is 6. The third kappa shape index (κ3) is 4.38. The van der Waals surface area contributed by atoms with Gasteiger partial charge in [0.15, 0.2) is 0 Å². The Hall–Kier alpha value is -2.22. The van der Waals surface area contributed by atoms with Crippen LogP contribution < -0.4 is 4.74 Å². The smallest absolute Gasteiger partial charge is 0.406 e. The van der Waals surface area contributed by atoms with Gasteiger partial charge < -0.3 is 9.84 Å². The molecule has 2 aromatic carbocycles. The molecule has 0 aliphatic carbocycles. The first-order chi connectivity index (χ1) is 10.6. The standard InChI is InChI=1S/C15H10F6O2/c16-14(17,18)13-6-3-10(7-11(13)8-22)9-1-4-12(5-2-9)23-15(19,20)21/h1-7,22H,8H2. The first-order valence-corrected chi connectivity index (χ1v) is 6.27. The van der Waals surface area contributed by atoms with E-state index in [1.807, 2.05) is 0 Å². The van der Waals surface area contributed by atoms with Gasteiger partial charge in [-0.05, 0) is 41.0 Å². The van der Waals surface area contributed by atoms with Gasteiger partial charge in [0, 0.05) is 0 Å². The average Bonchev–Trinajstić information content (AvgIpc) is 2.44. The average molecular weight is 336 g/mol. The zero-order valence-corrected chi connectivity index (χ0v) is 11.4. The molecule has 0 aliphatic heterocycles. The minimum absolute atomic E-state index is 0.314. The molecule has 0 spiro atoms. The molecule has 0 amide bonds. The van der Waals surface area contributed by atoms with Gasteiger partial charge in [0.2, 0.25) is 0 Å². The molecule has 0 bridgehead atoms. The van der Waals surface area contributed by atoms with Crippen molar-refractivity contribution < 1.29 is 36.2 Å². The normalized spacial score (nSPS) is 12.3. The molecule has 0 heterocycles. The highest BCUT2D eigenvalue weighted by Crippen LogP contribution is 2.35. The van der Waals surface area contributed by atoms with Gasteiger partial charge in [-0.15, -0.1) is 13.2 Å². The lowest BCUT2D eigenvalue weighted by Gasteiger charge is -2.13. The van der Waals surface area contributed by atoms with Crippen molar-refractivity contribution >= 4 is 0 Å². The van der Waals surface area contributed by atoms with Crippen molar-refractivity contribution in [3.8, 4) is 16.9 Å². The summed E-state index contributed by atoms with van der Waals surface area (Å²) in [4.78, 5) is 0. The molecule has 0 fully saturated rings. The number of rotatable bonds is 3. The predicted octanol–water partition coefficient (Wildman–Crippen LogP) is 4.76. The van der Waals surface area contributed by atoms with Crippen LogP contribution in [-0.2, 0) is 12.8 Å². The third-order valence-corrected chi connectivity index (χ3v) is 3.00. The van der Waals surface area contributed by atoms with Crippen molar-refractivity contribution in [1.82, 2.24) is 0 Å². The van der Waals surface area contributed by atoms with Gasteiger partial charge >= 0.3 is 12.5 Å². The van der Waals surface area contributed by atoms with Gasteiger partial charge in [-0.2, -0.15) is 13.2 Å². The van der Waals surface area contributed by atoms with Crippen molar-refractivity contribution in [2.75, 3.05) is 0 Å². The zero-order chi connectivity index (χ0) is 17.3. The van der Waals surface area contributed by atoms with E-state index in [4.69, 9.17) is 5.11 Å². The molecule has 23 heavy (non-hydrogen) atoms. The van der Waals surface area contributed by atoms with Crippen LogP contribution in [0.15, 0.2) is 42.5 Å². The van der Waals surface area contributed by atoms with Crippen LogP contribution in [0.3, 0.4) is 0 Å². The summed E-state index contributed by atoms with van der Waals surface area (Å²) >= 11 is 0. The lowest BCUT2D eigenvalue weighted by Crippen LogP contribution is -2.16. The molecule has 2 aromatic rings. The molecular formula is C15H10F6O2. The van der Waals surface area contributed by atoms with Crippen LogP contribution in [0.25, 0.3) is 11.1 Å². The van der Waals surface area contributed by atoms with Crippen LogP contribution in [0, 0.1) is 0 Å². The molecule has 0 aliphatic rings. The van der Waals surface area contributed by atoms with Crippen LogP contribution in [-0.4, -0.2) is 11.5 Å². The summed E-state index contributed by atoms with van der Waals surface area (Å²) in [5.41, 5.74) is -0.546.